The van der Waals surface area contributed by atoms with Crippen LogP contribution in [0.2, 0.25) is 0 Å². The summed E-state index contributed by atoms with van der Waals surface area (Å²) in [5, 5.41) is 14.6. The van der Waals surface area contributed by atoms with Crippen LogP contribution in [0.4, 0.5) is 0 Å². The van der Waals surface area contributed by atoms with Crippen LogP contribution in [0, 0.1) is 28.7 Å². The molecule has 1 aromatic carbocycles. The minimum atomic E-state index is 0. The predicted molar refractivity (Wildman–Crippen MR) is 117 cm³/mol. The van der Waals surface area contributed by atoms with E-state index >= 15 is 0 Å². The molecule has 156 valence electrons. The monoisotopic (exact) mass is 488 g/mol. The van der Waals surface area contributed by atoms with Crippen LogP contribution < -0.4 is 0 Å². The van der Waals surface area contributed by atoms with Gasteiger partial charge in [0.15, 0.2) is 0 Å². The van der Waals surface area contributed by atoms with Crippen LogP contribution in [0.25, 0.3) is 11.4 Å². The Morgan fingerprint density at radius 1 is 0.833 bits per heavy atom. The van der Waals surface area contributed by atoms with E-state index in [9.17, 15) is 0 Å². The second kappa shape index (κ2) is 19.4. The van der Waals surface area contributed by atoms with Crippen LogP contribution in [0.15, 0.2) is 73.1 Å². The zero-order chi connectivity index (χ0) is 21.9. The molecule has 0 fully saturated rings. The fraction of sp³-hybridized carbons (Fsp3) is 0.250. The quantitative estimate of drug-likeness (QED) is 0.370. The van der Waals surface area contributed by atoms with E-state index in [2.05, 4.69) is 48.0 Å². The summed E-state index contributed by atoms with van der Waals surface area (Å²) in [6, 6.07) is 26.9. The molecule has 2 aromatic heterocycles. The molecular formula is C24H28N5Ru+. The van der Waals surface area contributed by atoms with Gasteiger partial charge in [-0.05, 0) is 45.3 Å². The zero-order valence-electron chi connectivity index (χ0n) is 18.1. The van der Waals surface area contributed by atoms with E-state index in [1.807, 2.05) is 54.6 Å². The molecule has 0 saturated carbocycles. The molecule has 3 aromatic rings. The van der Waals surface area contributed by atoms with Crippen molar-refractivity contribution in [2.24, 2.45) is 0 Å². The van der Waals surface area contributed by atoms with Gasteiger partial charge < -0.3 is 4.90 Å². The van der Waals surface area contributed by atoms with Crippen molar-refractivity contribution in [3.05, 3.63) is 84.7 Å². The first-order valence-corrected chi connectivity index (χ1v) is 9.08. The van der Waals surface area contributed by atoms with Gasteiger partial charge in [0.05, 0.1) is 23.5 Å². The molecule has 0 bridgehead atoms. The third-order valence-corrected chi connectivity index (χ3v) is 3.55. The van der Waals surface area contributed by atoms with Gasteiger partial charge in [-0.2, -0.15) is 40.9 Å². The fourth-order valence-electron chi connectivity index (χ4n) is 1.97. The van der Waals surface area contributed by atoms with Crippen molar-refractivity contribution in [1.29, 1.82) is 10.5 Å². The molecule has 0 aliphatic carbocycles. The number of aromatic nitrogens is 2. The number of nitrogens with zero attached hydrogens (tertiary/aromatic N) is 5. The number of pyridine rings is 2. The molecule has 0 amide bonds. The molecule has 3 rings (SSSR count). The topological polar surface area (TPSA) is 76.6 Å². The Labute approximate surface area is 193 Å². The van der Waals surface area contributed by atoms with E-state index in [-0.39, 0.29) is 19.5 Å². The van der Waals surface area contributed by atoms with Crippen molar-refractivity contribution >= 4 is 0 Å². The summed E-state index contributed by atoms with van der Waals surface area (Å²) in [7, 11) is 4.15. The van der Waals surface area contributed by atoms with Gasteiger partial charge in [0.1, 0.15) is 0 Å². The Bertz CT molecular complexity index is 792. The van der Waals surface area contributed by atoms with Gasteiger partial charge >= 0.3 is 19.5 Å². The third kappa shape index (κ3) is 13.3. The third-order valence-electron chi connectivity index (χ3n) is 3.55. The van der Waals surface area contributed by atoms with Gasteiger partial charge in [0.25, 0.3) is 0 Å². The Kier molecular flexibility index (Phi) is 18.9. The van der Waals surface area contributed by atoms with Gasteiger partial charge in [-0.15, -0.1) is 5.56 Å². The predicted octanol–water partition coefficient (Wildman–Crippen LogP) is 5.31. The molecule has 0 saturated heterocycles. The maximum atomic E-state index is 7.32. The van der Waals surface area contributed by atoms with Gasteiger partial charge in [-0.25, -0.2) is 0 Å². The molecule has 2 heterocycles. The van der Waals surface area contributed by atoms with E-state index in [1.54, 1.807) is 24.5 Å². The smallest absolute Gasteiger partial charge is 0.305 e. The molecule has 6 heteroatoms. The van der Waals surface area contributed by atoms with Crippen molar-refractivity contribution < 1.29 is 19.5 Å². The van der Waals surface area contributed by atoms with E-state index in [0.29, 0.717) is 6.04 Å². The first-order valence-electron chi connectivity index (χ1n) is 9.08. The largest absolute Gasteiger partial charge is 2.00 e. The molecule has 30 heavy (non-hydrogen) atoms. The first-order chi connectivity index (χ1) is 14.0. The molecule has 1 atom stereocenters. The van der Waals surface area contributed by atoms with Crippen LogP contribution in [-0.2, 0) is 19.5 Å². The van der Waals surface area contributed by atoms with E-state index in [0.717, 1.165) is 11.4 Å². The Morgan fingerprint density at radius 3 is 1.57 bits per heavy atom. The molecule has 0 aliphatic rings. The summed E-state index contributed by atoms with van der Waals surface area (Å²) in [6.45, 7) is 5.03. The number of nitriles is 2. The van der Waals surface area contributed by atoms with Crippen LogP contribution in [-0.4, -0.2) is 29.0 Å². The van der Waals surface area contributed by atoms with Crippen molar-refractivity contribution in [1.82, 2.24) is 14.9 Å². The summed E-state index contributed by atoms with van der Waals surface area (Å²) in [4.78, 5) is 10.5. The van der Waals surface area contributed by atoms with E-state index < -0.39 is 0 Å². The molecule has 5 nitrogen and oxygen atoms in total. The number of rotatable bonds is 3. The Morgan fingerprint density at radius 2 is 1.27 bits per heavy atom. The molecular weight excluding hydrogens is 459 g/mol. The number of benzene rings is 1. The van der Waals surface area contributed by atoms with E-state index in [4.69, 9.17) is 10.5 Å². The number of hydrogen-bond donors (Lipinski definition) is 0. The van der Waals surface area contributed by atoms with Crippen LogP contribution in [0.5, 0.6) is 0 Å². The minimum Gasteiger partial charge on any atom is -0.305 e. The maximum Gasteiger partial charge on any atom is 2.00 e. The fourth-order valence-corrected chi connectivity index (χ4v) is 1.97. The Balaban J connectivity index is 0. The van der Waals surface area contributed by atoms with Crippen LogP contribution >= 0.6 is 0 Å². The average Bonchev–Trinajstić information content (AvgIpc) is 2.76. The molecule has 0 radical (unpaired) electrons. The Hall–Kier alpha value is -2.92. The first kappa shape index (κ1) is 29.3. The summed E-state index contributed by atoms with van der Waals surface area (Å²) in [5.41, 5.74) is 3.08. The minimum absolute atomic E-state index is 0. The van der Waals surface area contributed by atoms with Crippen LogP contribution in [0.3, 0.4) is 0 Å². The van der Waals surface area contributed by atoms with Crippen molar-refractivity contribution in [2.75, 3.05) is 14.1 Å². The number of hydrogen-bond acceptors (Lipinski definition) is 5. The van der Waals surface area contributed by atoms with E-state index in [1.165, 1.54) is 19.4 Å². The van der Waals surface area contributed by atoms with Crippen molar-refractivity contribution in [3.8, 4) is 23.5 Å². The molecule has 0 aliphatic heterocycles. The van der Waals surface area contributed by atoms with Crippen molar-refractivity contribution in [3.63, 3.8) is 0 Å². The second-order valence-electron chi connectivity index (χ2n) is 5.83. The standard InChI is InChI=1S/C10H8N2.C10H14N.2C2H3N.Ru/c1-3-7-11-9(5-1)10-6-2-4-8-12-10;1-9(11(2)3)10-7-5-4-6-8-10;2*1-2-3;/h1-8H;4-7,9H,1-3H3;2*1H3;/q;-1;;;+2/t;9-;;;/m.1.../s1. The van der Waals surface area contributed by atoms with Gasteiger partial charge in [0, 0.05) is 32.3 Å². The average molecular weight is 488 g/mol. The van der Waals surface area contributed by atoms with Crippen LogP contribution in [0.1, 0.15) is 32.4 Å². The maximum absolute atomic E-state index is 7.32. The van der Waals surface area contributed by atoms with Gasteiger partial charge in [-0.1, -0.05) is 12.1 Å². The normalized spacial score (nSPS) is 9.33. The molecule has 0 N–H and O–H groups in total. The van der Waals surface area contributed by atoms with Gasteiger partial charge in [0.2, 0.25) is 0 Å². The summed E-state index contributed by atoms with van der Waals surface area (Å²) >= 11 is 0. The molecule has 0 spiro atoms. The SMILES string of the molecule is CC#N.CC#N.C[C@H](c1[c-]cccc1)N(C)C.[Ru+2].c1ccc(-c2ccccn2)nc1. The second-order valence-corrected chi connectivity index (χ2v) is 5.83. The summed E-state index contributed by atoms with van der Waals surface area (Å²) in [6.07, 6.45) is 3.54. The van der Waals surface area contributed by atoms with Gasteiger partial charge in [-0.3, -0.25) is 9.97 Å². The summed E-state index contributed by atoms with van der Waals surface area (Å²) < 4.78 is 0. The van der Waals surface area contributed by atoms with Crippen molar-refractivity contribution in [2.45, 2.75) is 26.8 Å². The molecule has 0 unspecified atom stereocenters. The zero-order valence-corrected chi connectivity index (χ0v) is 19.8. The summed E-state index contributed by atoms with van der Waals surface area (Å²) in [5.74, 6) is 0.